The molecule has 3 nitrogen and oxygen atoms in total. The molecular weight excluding hydrogens is 314 g/mol. The summed E-state index contributed by atoms with van der Waals surface area (Å²) in [6, 6.07) is 1.59. The van der Waals surface area contributed by atoms with E-state index >= 15 is 0 Å². The lowest BCUT2D eigenvalue weighted by Crippen LogP contribution is -2.22. The van der Waals surface area contributed by atoms with Crippen LogP contribution < -0.4 is 4.74 Å². The number of hydrogen-bond acceptors (Lipinski definition) is 3. The Hall–Kier alpha value is -1.69. The lowest BCUT2D eigenvalue weighted by atomic mass is 10.1. The fourth-order valence-electron chi connectivity index (χ4n) is 1.38. The number of nitrogens with zero attached hydrogens (tertiary/aromatic N) is 2. The van der Waals surface area contributed by atoms with E-state index in [9.17, 15) is 26.3 Å². The first-order valence-corrected chi connectivity index (χ1v) is 5.40. The number of pyridine rings is 1. The standard InChI is InChI=1S/C10H5ClF6N2O/c11-3-6-5(1-2-18)4-19-8(9(12,13)14)7(6)20-10(15,16)17/h4H,1,3H2. The third kappa shape index (κ3) is 3.90. The monoisotopic (exact) mass is 318 g/mol. The Balaban J connectivity index is 3.52. The second kappa shape index (κ2) is 5.75. The van der Waals surface area contributed by atoms with Gasteiger partial charge in [-0.2, -0.15) is 18.4 Å². The van der Waals surface area contributed by atoms with E-state index in [2.05, 4.69) is 9.72 Å². The fourth-order valence-corrected chi connectivity index (χ4v) is 1.67. The summed E-state index contributed by atoms with van der Waals surface area (Å²) in [5, 5.41) is 8.49. The van der Waals surface area contributed by atoms with Gasteiger partial charge in [0.2, 0.25) is 0 Å². The van der Waals surface area contributed by atoms with Gasteiger partial charge in [-0.25, -0.2) is 4.98 Å². The maximum atomic E-state index is 12.6. The average molecular weight is 319 g/mol. The molecule has 10 heteroatoms. The minimum absolute atomic E-state index is 0.158. The predicted octanol–water partition coefficient (Wildman–Crippen LogP) is 3.80. The molecule has 0 radical (unpaired) electrons. The molecule has 1 heterocycles. The van der Waals surface area contributed by atoms with Crippen LogP contribution >= 0.6 is 11.6 Å². The van der Waals surface area contributed by atoms with Gasteiger partial charge in [0, 0.05) is 11.8 Å². The Morgan fingerprint density at radius 2 is 1.85 bits per heavy atom. The van der Waals surface area contributed by atoms with Gasteiger partial charge in [0.1, 0.15) is 0 Å². The number of aromatic nitrogens is 1. The van der Waals surface area contributed by atoms with E-state index in [1.807, 2.05) is 0 Å². The van der Waals surface area contributed by atoms with Crippen LogP contribution in [0, 0.1) is 11.3 Å². The van der Waals surface area contributed by atoms with Crippen LogP contribution in [0.2, 0.25) is 0 Å². The quantitative estimate of drug-likeness (QED) is 0.629. The van der Waals surface area contributed by atoms with Crippen molar-refractivity contribution in [3.05, 3.63) is 23.0 Å². The number of halogens is 7. The maximum absolute atomic E-state index is 12.6. The molecular formula is C10H5ClF6N2O. The zero-order chi connectivity index (χ0) is 15.6. The molecule has 0 N–H and O–H groups in total. The lowest BCUT2D eigenvalue weighted by molar-refractivity contribution is -0.276. The second-order valence-electron chi connectivity index (χ2n) is 3.45. The van der Waals surface area contributed by atoms with Crippen molar-refractivity contribution < 1.29 is 31.1 Å². The van der Waals surface area contributed by atoms with Gasteiger partial charge in [-0.15, -0.1) is 24.8 Å². The lowest BCUT2D eigenvalue weighted by Gasteiger charge is -2.18. The highest BCUT2D eigenvalue weighted by Gasteiger charge is 2.42. The van der Waals surface area contributed by atoms with Crippen LogP contribution in [0.5, 0.6) is 5.75 Å². The molecule has 0 spiro atoms. The Labute approximate surface area is 113 Å². The van der Waals surface area contributed by atoms with Crippen LogP contribution in [0.4, 0.5) is 26.3 Å². The van der Waals surface area contributed by atoms with Gasteiger partial charge in [0.05, 0.1) is 18.4 Å². The van der Waals surface area contributed by atoms with Crippen molar-refractivity contribution in [2.45, 2.75) is 24.8 Å². The summed E-state index contributed by atoms with van der Waals surface area (Å²) in [4.78, 5) is 2.90. The van der Waals surface area contributed by atoms with Crippen molar-refractivity contribution in [3.63, 3.8) is 0 Å². The fraction of sp³-hybridized carbons (Fsp3) is 0.400. The number of hydrogen-bond donors (Lipinski definition) is 0. The number of nitriles is 1. The molecule has 0 fully saturated rings. The average Bonchev–Trinajstić information content (AvgIpc) is 2.26. The van der Waals surface area contributed by atoms with E-state index in [-0.39, 0.29) is 5.56 Å². The second-order valence-corrected chi connectivity index (χ2v) is 3.72. The van der Waals surface area contributed by atoms with Gasteiger partial charge in [0.25, 0.3) is 0 Å². The van der Waals surface area contributed by atoms with Gasteiger partial charge >= 0.3 is 12.5 Å². The van der Waals surface area contributed by atoms with E-state index < -0.39 is 41.8 Å². The van der Waals surface area contributed by atoms with Gasteiger partial charge in [-0.3, -0.25) is 0 Å². The van der Waals surface area contributed by atoms with Gasteiger partial charge in [-0.1, -0.05) is 0 Å². The molecule has 0 aliphatic carbocycles. The van der Waals surface area contributed by atoms with E-state index in [1.165, 1.54) is 0 Å². The van der Waals surface area contributed by atoms with Crippen molar-refractivity contribution in [2.24, 2.45) is 0 Å². The van der Waals surface area contributed by atoms with Crippen molar-refractivity contribution >= 4 is 11.6 Å². The number of alkyl halides is 7. The molecule has 0 saturated carbocycles. The molecule has 1 aromatic heterocycles. The first-order valence-electron chi connectivity index (χ1n) is 4.86. The molecule has 0 amide bonds. The normalized spacial score (nSPS) is 12.1. The molecule has 110 valence electrons. The minimum atomic E-state index is -5.34. The molecule has 1 rings (SSSR count). The van der Waals surface area contributed by atoms with Crippen molar-refractivity contribution in [1.29, 1.82) is 5.26 Å². The first-order chi connectivity index (χ1) is 9.10. The van der Waals surface area contributed by atoms with E-state index in [4.69, 9.17) is 16.9 Å². The van der Waals surface area contributed by atoms with Crippen LogP contribution in [0.15, 0.2) is 6.20 Å². The van der Waals surface area contributed by atoms with Gasteiger partial charge < -0.3 is 4.74 Å². The Morgan fingerprint density at radius 3 is 2.25 bits per heavy atom. The molecule has 0 saturated heterocycles. The molecule has 0 atom stereocenters. The number of ether oxygens (including phenoxy) is 1. The molecule has 0 unspecified atom stereocenters. The molecule has 0 aromatic carbocycles. The van der Waals surface area contributed by atoms with E-state index in [0.29, 0.717) is 6.20 Å². The van der Waals surface area contributed by atoms with Crippen LogP contribution in [0.25, 0.3) is 0 Å². The van der Waals surface area contributed by atoms with Crippen LogP contribution in [-0.4, -0.2) is 11.3 Å². The van der Waals surface area contributed by atoms with Crippen LogP contribution in [0.3, 0.4) is 0 Å². The maximum Gasteiger partial charge on any atom is 0.573 e. The smallest absolute Gasteiger partial charge is 0.403 e. The van der Waals surface area contributed by atoms with Crippen LogP contribution in [0.1, 0.15) is 16.8 Å². The van der Waals surface area contributed by atoms with E-state index in [1.54, 1.807) is 6.07 Å². The van der Waals surface area contributed by atoms with Crippen LogP contribution in [-0.2, 0) is 18.5 Å². The summed E-state index contributed by atoms with van der Waals surface area (Å²) < 4.78 is 78.0. The molecule has 0 bridgehead atoms. The summed E-state index contributed by atoms with van der Waals surface area (Å²) in [6.07, 6.45) is -10.3. The zero-order valence-electron chi connectivity index (χ0n) is 9.44. The Kier molecular flexibility index (Phi) is 4.70. The van der Waals surface area contributed by atoms with Gasteiger partial charge in [0.15, 0.2) is 11.4 Å². The highest BCUT2D eigenvalue weighted by molar-refractivity contribution is 6.17. The summed E-state index contributed by atoms with van der Waals surface area (Å²) >= 11 is 5.37. The summed E-state index contributed by atoms with van der Waals surface area (Å²) in [6.45, 7) is 0. The van der Waals surface area contributed by atoms with Crippen molar-refractivity contribution in [2.75, 3.05) is 0 Å². The topological polar surface area (TPSA) is 45.9 Å². The predicted molar refractivity (Wildman–Crippen MR) is 54.8 cm³/mol. The summed E-state index contributed by atoms with van der Waals surface area (Å²) in [7, 11) is 0. The molecule has 0 aliphatic rings. The van der Waals surface area contributed by atoms with E-state index in [0.717, 1.165) is 0 Å². The summed E-state index contributed by atoms with van der Waals surface area (Å²) in [5.74, 6) is -2.21. The minimum Gasteiger partial charge on any atom is -0.403 e. The highest BCUT2D eigenvalue weighted by Crippen LogP contribution is 2.40. The molecule has 1 aromatic rings. The molecule has 20 heavy (non-hydrogen) atoms. The molecule has 0 aliphatic heterocycles. The Bertz CT molecular complexity index is 534. The number of rotatable bonds is 3. The zero-order valence-corrected chi connectivity index (χ0v) is 10.2. The first kappa shape index (κ1) is 16.4. The third-order valence-electron chi connectivity index (χ3n) is 2.12. The van der Waals surface area contributed by atoms with Gasteiger partial charge in [-0.05, 0) is 5.56 Å². The van der Waals surface area contributed by atoms with Crippen molar-refractivity contribution in [3.8, 4) is 11.8 Å². The third-order valence-corrected chi connectivity index (χ3v) is 2.38. The SMILES string of the molecule is N#CCc1cnc(C(F)(F)F)c(OC(F)(F)F)c1CCl. The Morgan fingerprint density at radius 1 is 1.25 bits per heavy atom. The highest BCUT2D eigenvalue weighted by atomic mass is 35.5. The largest absolute Gasteiger partial charge is 0.573 e. The van der Waals surface area contributed by atoms with Crippen molar-refractivity contribution in [1.82, 2.24) is 4.98 Å². The summed E-state index contributed by atoms with van der Waals surface area (Å²) in [5.41, 5.74) is -2.56.